The molecule has 1 atom stereocenters. The van der Waals surface area contributed by atoms with Crippen LogP contribution in [-0.4, -0.2) is 61.4 Å². The van der Waals surface area contributed by atoms with Crippen molar-refractivity contribution in [1.82, 2.24) is 9.21 Å². The van der Waals surface area contributed by atoms with Crippen LogP contribution in [0.25, 0.3) is 0 Å². The van der Waals surface area contributed by atoms with E-state index < -0.39 is 16.0 Å². The normalized spacial score (nSPS) is 19.4. The largest absolute Gasteiger partial charge is 0.480 e. The molecule has 7 nitrogen and oxygen atoms in total. The Hall–Kier alpha value is -1.95. The first-order chi connectivity index (χ1) is 11.8. The van der Waals surface area contributed by atoms with Gasteiger partial charge in [0.2, 0.25) is 10.0 Å². The third-order valence-electron chi connectivity index (χ3n) is 4.63. The van der Waals surface area contributed by atoms with Gasteiger partial charge < -0.3 is 5.11 Å². The van der Waals surface area contributed by atoms with Crippen LogP contribution in [0, 0.1) is 18.3 Å². The number of carboxylic acids is 1. The van der Waals surface area contributed by atoms with Crippen LogP contribution in [0.5, 0.6) is 0 Å². The molecule has 0 amide bonds. The lowest BCUT2D eigenvalue weighted by Gasteiger charge is -2.25. The summed E-state index contributed by atoms with van der Waals surface area (Å²) in [5.41, 5.74) is 0.823. The zero-order valence-electron chi connectivity index (χ0n) is 14.5. The van der Waals surface area contributed by atoms with Gasteiger partial charge in [0.05, 0.1) is 12.1 Å². The van der Waals surface area contributed by atoms with E-state index in [1.807, 2.05) is 6.07 Å². The first-order valence-corrected chi connectivity index (χ1v) is 9.63. The minimum Gasteiger partial charge on any atom is -0.480 e. The summed E-state index contributed by atoms with van der Waals surface area (Å²) in [6.45, 7) is 2.35. The Kier molecular flexibility index (Phi) is 6.16. The van der Waals surface area contributed by atoms with Crippen LogP contribution in [0.1, 0.15) is 30.4 Å². The lowest BCUT2D eigenvalue weighted by Crippen LogP contribution is -2.37. The maximum atomic E-state index is 13.0. The number of carboxylic acid groups (broad SMARTS) is 1. The number of sulfonamides is 1. The number of benzene rings is 1. The summed E-state index contributed by atoms with van der Waals surface area (Å²) >= 11 is 0. The average molecular weight is 365 g/mol. The van der Waals surface area contributed by atoms with Crippen molar-refractivity contribution in [2.75, 3.05) is 26.7 Å². The molecule has 1 fully saturated rings. The van der Waals surface area contributed by atoms with E-state index in [4.69, 9.17) is 5.11 Å². The number of nitrogens with zero attached hydrogens (tertiary/aromatic N) is 3. The van der Waals surface area contributed by atoms with Gasteiger partial charge in [-0.25, -0.2) is 8.42 Å². The van der Waals surface area contributed by atoms with E-state index >= 15 is 0 Å². The number of likely N-dealkylation sites (N-methyl/N-ethyl adjacent to an activating group) is 1. The average Bonchev–Trinajstić information content (AvgIpc) is 2.80. The monoisotopic (exact) mass is 365 g/mol. The standard InChI is InChI=1S/C17H23N3O4S/c1-13-5-3-7-16(15(13)11-18)25(23,24)20-9-4-6-14(8-10-20)19(2)12-17(21)22/h3,5,7,14H,4,6,8-10,12H2,1-2H3,(H,21,22). The molecule has 8 heteroatoms. The molecule has 1 aromatic carbocycles. The highest BCUT2D eigenvalue weighted by Gasteiger charge is 2.31. The number of aryl methyl sites for hydroxylation is 1. The van der Waals surface area contributed by atoms with Crippen LogP contribution in [0.2, 0.25) is 0 Å². The first kappa shape index (κ1) is 19.4. The molecule has 0 radical (unpaired) electrons. The molecule has 25 heavy (non-hydrogen) atoms. The summed E-state index contributed by atoms with van der Waals surface area (Å²) in [5.74, 6) is -0.894. The van der Waals surface area contributed by atoms with E-state index in [9.17, 15) is 18.5 Å². The number of hydrogen-bond donors (Lipinski definition) is 1. The molecule has 0 saturated carbocycles. The third-order valence-corrected chi connectivity index (χ3v) is 6.57. The summed E-state index contributed by atoms with van der Waals surface area (Å²) in [6, 6.07) is 6.86. The van der Waals surface area contributed by atoms with Crippen molar-refractivity contribution < 1.29 is 18.3 Å². The van der Waals surface area contributed by atoms with Crippen molar-refractivity contribution in [2.45, 2.75) is 37.1 Å². The van der Waals surface area contributed by atoms with E-state index in [0.717, 1.165) is 6.42 Å². The number of hydrogen-bond acceptors (Lipinski definition) is 5. The van der Waals surface area contributed by atoms with Crippen LogP contribution in [-0.2, 0) is 14.8 Å². The fraction of sp³-hybridized carbons (Fsp3) is 0.529. The van der Waals surface area contributed by atoms with Crippen LogP contribution in [0.4, 0.5) is 0 Å². The van der Waals surface area contributed by atoms with Gasteiger partial charge >= 0.3 is 5.97 Å². The molecule has 0 bridgehead atoms. The van der Waals surface area contributed by atoms with Gasteiger partial charge in [-0.1, -0.05) is 12.1 Å². The number of nitriles is 1. The van der Waals surface area contributed by atoms with Crippen LogP contribution in [0.3, 0.4) is 0 Å². The van der Waals surface area contributed by atoms with Gasteiger partial charge in [-0.2, -0.15) is 9.57 Å². The summed E-state index contributed by atoms with van der Waals surface area (Å²) in [5, 5.41) is 18.2. The second-order valence-electron chi connectivity index (χ2n) is 6.36. The van der Waals surface area contributed by atoms with Gasteiger partial charge in [0.25, 0.3) is 0 Å². The van der Waals surface area contributed by atoms with E-state index in [-0.39, 0.29) is 23.0 Å². The van der Waals surface area contributed by atoms with E-state index in [0.29, 0.717) is 31.5 Å². The lowest BCUT2D eigenvalue weighted by molar-refractivity contribution is -0.138. The predicted molar refractivity (Wildman–Crippen MR) is 92.6 cm³/mol. The molecule has 1 heterocycles. The minimum atomic E-state index is -3.75. The highest BCUT2D eigenvalue weighted by Crippen LogP contribution is 2.25. The van der Waals surface area contributed by atoms with Crippen molar-refractivity contribution in [3.63, 3.8) is 0 Å². The van der Waals surface area contributed by atoms with Crippen molar-refractivity contribution in [2.24, 2.45) is 0 Å². The van der Waals surface area contributed by atoms with Crippen LogP contribution < -0.4 is 0 Å². The molecule has 1 unspecified atom stereocenters. The highest BCUT2D eigenvalue weighted by atomic mass is 32.2. The van der Waals surface area contributed by atoms with E-state index in [1.54, 1.807) is 31.0 Å². The minimum absolute atomic E-state index is 0.0317. The maximum Gasteiger partial charge on any atom is 0.317 e. The number of aliphatic carboxylic acids is 1. The van der Waals surface area contributed by atoms with Crippen LogP contribution >= 0.6 is 0 Å². The van der Waals surface area contributed by atoms with Crippen molar-refractivity contribution >= 4 is 16.0 Å². The van der Waals surface area contributed by atoms with Crippen molar-refractivity contribution in [3.8, 4) is 6.07 Å². The Labute approximate surface area is 148 Å². The van der Waals surface area contributed by atoms with Crippen molar-refractivity contribution in [1.29, 1.82) is 5.26 Å². The lowest BCUT2D eigenvalue weighted by atomic mass is 10.1. The molecule has 0 spiro atoms. The summed E-state index contributed by atoms with van der Waals surface area (Å²) in [6.07, 6.45) is 1.97. The van der Waals surface area contributed by atoms with Crippen LogP contribution in [0.15, 0.2) is 23.1 Å². The topological polar surface area (TPSA) is 102 Å². The second kappa shape index (κ2) is 7.95. The number of carbonyl (C=O) groups is 1. The molecular weight excluding hydrogens is 342 g/mol. The number of rotatable bonds is 5. The third kappa shape index (κ3) is 4.37. The Balaban J connectivity index is 2.21. The molecule has 1 aromatic rings. The molecule has 1 aliphatic rings. The Bertz CT molecular complexity index is 786. The summed E-state index contributed by atoms with van der Waals surface area (Å²) in [7, 11) is -2.00. The van der Waals surface area contributed by atoms with Gasteiger partial charge in [-0.05, 0) is 44.9 Å². The predicted octanol–water partition coefficient (Wildman–Crippen LogP) is 1.43. The summed E-state index contributed by atoms with van der Waals surface area (Å²) < 4.78 is 27.4. The molecule has 136 valence electrons. The zero-order valence-corrected chi connectivity index (χ0v) is 15.3. The van der Waals surface area contributed by atoms with Gasteiger partial charge in [0, 0.05) is 19.1 Å². The first-order valence-electron chi connectivity index (χ1n) is 8.19. The second-order valence-corrected chi connectivity index (χ2v) is 8.26. The molecular formula is C17H23N3O4S. The molecule has 1 aliphatic heterocycles. The quantitative estimate of drug-likeness (QED) is 0.847. The van der Waals surface area contributed by atoms with E-state index in [1.165, 1.54) is 10.4 Å². The fourth-order valence-electron chi connectivity index (χ4n) is 3.21. The highest BCUT2D eigenvalue weighted by molar-refractivity contribution is 7.89. The zero-order chi connectivity index (χ0) is 18.6. The Morgan fingerprint density at radius 1 is 1.40 bits per heavy atom. The van der Waals surface area contributed by atoms with E-state index in [2.05, 4.69) is 0 Å². The summed E-state index contributed by atoms with van der Waals surface area (Å²) in [4.78, 5) is 12.7. The fourth-order valence-corrected chi connectivity index (χ4v) is 4.92. The SMILES string of the molecule is Cc1cccc(S(=O)(=O)N2CCCC(N(C)CC(=O)O)CC2)c1C#N. The molecule has 0 aliphatic carbocycles. The Morgan fingerprint density at radius 3 is 2.76 bits per heavy atom. The molecule has 2 rings (SSSR count). The van der Waals surface area contributed by atoms with Gasteiger partial charge in [-0.15, -0.1) is 0 Å². The smallest absolute Gasteiger partial charge is 0.317 e. The molecule has 1 N–H and O–H groups in total. The molecule has 0 aromatic heterocycles. The Morgan fingerprint density at radius 2 is 2.12 bits per heavy atom. The van der Waals surface area contributed by atoms with Gasteiger partial charge in [0.15, 0.2) is 0 Å². The maximum absolute atomic E-state index is 13.0. The van der Waals surface area contributed by atoms with Gasteiger partial charge in [0.1, 0.15) is 11.0 Å². The van der Waals surface area contributed by atoms with Crippen molar-refractivity contribution in [3.05, 3.63) is 29.3 Å². The molecule has 1 saturated heterocycles. The van der Waals surface area contributed by atoms with Gasteiger partial charge in [-0.3, -0.25) is 9.69 Å².